The second-order valence-electron chi connectivity index (χ2n) is 3.01. The number of hydrogen-bond acceptors (Lipinski definition) is 3. The molecule has 0 aliphatic heterocycles. The van der Waals surface area contributed by atoms with Gasteiger partial charge in [-0.25, -0.2) is 4.98 Å². The highest BCUT2D eigenvalue weighted by Crippen LogP contribution is 2.30. The molecule has 1 aliphatic rings. The normalized spacial score (nSPS) is 15.5. The number of nitrogens with zero attached hydrogens (tertiary/aromatic N) is 1. The van der Waals surface area contributed by atoms with E-state index >= 15 is 0 Å². The Kier molecular flexibility index (Phi) is 2.19. The SMILES string of the molecule is O=C(Oc1ccc(Cl)nc1)C1CC1. The van der Waals surface area contributed by atoms with Crippen LogP contribution in [0, 0.1) is 5.92 Å². The summed E-state index contributed by atoms with van der Waals surface area (Å²) in [6.07, 6.45) is 3.34. The maximum absolute atomic E-state index is 11.2. The number of esters is 1. The van der Waals surface area contributed by atoms with Gasteiger partial charge in [-0.05, 0) is 25.0 Å². The van der Waals surface area contributed by atoms with E-state index in [1.165, 1.54) is 6.20 Å². The molecule has 4 heteroatoms. The monoisotopic (exact) mass is 197 g/mol. The molecule has 0 spiro atoms. The van der Waals surface area contributed by atoms with Gasteiger partial charge in [0.1, 0.15) is 10.9 Å². The van der Waals surface area contributed by atoms with Crippen molar-refractivity contribution in [3.05, 3.63) is 23.5 Å². The Balaban J connectivity index is 2.00. The van der Waals surface area contributed by atoms with Crippen molar-refractivity contribution in [1.29, 1.82) is 0 Å². The number of carbonyl (C=O) groups excluding carboxylic acids is 1. The molecule has 1 aromatic rings. The molecule has 1 aromatic heterocycles. The minimum absolute atomic E-state index is 0.107. The lowest BCUT2D eigenvalue weighted by Crippen LogP contribution is -2.09. The molecule has 68 valence electrons. The van der Waals surface area contributed by atoms with E-state index in [9.17, 15) is 4.79 Å². The highest BCUT2D eigenvalue weighted by atomic mass is 35.5. The standard InChI is InChI=1S/C9H8ClNO2/c10-8-4-3-7(5-11-8)13-9(12)6-1-2-6/h3-6H,1-2H2. The molecule has 0 aromatic carbocycles. The molecule has 0 N–H and O–H groups in total. The van der Waals surface area contributed by atoms with Crippen molar-refractivity contribution >= 4 is 17.6 Å². The Morgan fingerprint density at radius 1 is 1.54 bits per heavy atom. The third-order valence-corrected chi connectivity index (χ3v) is 2.05. The fourth-order valence-electron chi connectivity index (χ4n) is 0.941. The molecule has 0 saturated heterocycles. The molecule has 2 rings (SSSR count). The van der Waals surface area contributed by atoms with Gasteiger partial charge in [0.2, 0.25) is 0 Å². The summed E-state index contributed by atoms with van der Waals surface area (Å²) in [5.74, 6) is 0.404. The van der Waals surface area contributed by atoms with Crippen molar-refractivity contribution in [3.8, 4) is 5.75 Å². The zero-order valence-electron chi connectivity index (χ0n) is 6.87. The summed E-state index contributed by atoms with van der Waals surface area (Å²) in [4.78, 5) is 15.0. The van der Waals surface area contributed by atoms with Gasteiger partial charge in [-0.3, -0.25) is 4.79 Å². The van der Waals surface area contributed by atoms with Gasteiger partial charge in [0.25, 0.3) is 0 Å². The molecule has 0 radical (unpaired) electrons. The Bertz CT molecular complexity index is 319. The van der Waals surface area contributed by atoms with E-state index in [-0.39, 0.29) is 11.9 Å². The number of carbonyl (C=O) groups is 1. The predicted molar refractivity (Wildman–Crippen MR) is 47.6 cm³/mol. The van der Waals surface area contributed by atoms with Gasteiger partial charge >= 0.3 is 5.97 Å². The summed E-state index contributed by atoms with van der Waals surface area (Å²) in [7, 11) is 0. The van der Waals surface area contributed by atoms with E-state index in [1.54, 1.807) is 12.1 Å². The van der Waals surface area contributed by atoms with Crippen molar-refractivity contribution in [2.24, 2.45) is 5.92 Å². The van der Waals surface area contributed by atoms with E-state index in [0.717, 1.165) is 12.8 Å². The molecule has 13 heavy (non-hydrogen) atoms. The number of hydrogen-bond donors (Lipinski definition) is 0. The molecule has 3 nitrogen and oxygen atoms in total. The van der Waals surface area contributed by atoms with Gasteiger partial charge in [0, 0.05) is 0 Å². The highest BCUT2D eigenvalue weighted by Gasteiger charge is 2.31. The van der Waals surface area contributed by atoms with Crippen molar-refractivity contribution in [3.63, 3.8) is 0 Å². The summed E-state index contributed by atoms with van der Waals surface area (Å²) in [6.45, 7) is 0. The van der Waals surface area contributed by atoms with Crippen LogP contribution in [0.5, 0.6) is 5.75 Å². The topological polar surface area (TPSA) is 39.2 Å². The molecule has 0 atom stereocenters. The van der Waals surface area contributed by atoms with E-state index in [0.29, 0.717) is 10.9 Å². The van der Waals surface area contributed by atoms with E-state index in [1.807, 2.05) is 0 Å². The van der Waals surface area contributed by atoms with E-state index in [4.69, 9.17) is 16.3 Å². The minimum atomic E-state index is -0.163. The summed E-state index contributed by atoms with van der Waals surface area (Å²) in [5, 5.41) is 0.395. The van der Waals surface area contributed by atoms with Crippen LogP contribution in [0.3, 0.4) is 0 Å². The summed E-state index contributed by atoms with van der Waals surface area (Å²) in [6, 6.07) is 3.23. The van der Waals surface area contributed by atoms with Crippen molar-refractivity contribution < 1.29 is 9.53 Å². The third-order valence-electron chi connectivity index (χ3n) is 1.83. The van der Waals surface area contributed by atoms with Crippen LogP contribution in [0.2, 0.25) is 5.15 Å². The molecule has 1 heterocycles. The predicted octanol–water partition coefficient (Wildman–Crippen LogP) is 2.05. The lowest BCUT2D eigenvalue weighted by molar-refractivity contribution is -0.135. The fraction of sp³-hybridized carbons (Fsp3) is 0.333. The molecule has 1 saturated carbocycles. The largest absolute Gasteiger partial charge is 0.425 e. The van der Waals surface area contributed by atoms with Gasteiger partial charge in [0.05, 0.1) is 12.1 Å². The number of ether oxygens (including phenoxy) is 1. The number of halogens is 1. The average molecular weight is 198 g/mol. The molecule has 0 bridgehead atoms. The van der Waals surface area contributed by atoms with Crippen LogP contribution in [0.15, 0.2) is 18.3 Å². The Labute approximate surface area is 80.7 Å². The molecule has 0 unspecified atom stereocenters. The van der Waals surface area contributed by atoms with Crippen LogP contribution in [0.4, 0.5) is 0 Å². The van der Waals surface area contributed by atoms with Crippen molar-refractivity contribution in [1.82, 2.24) is 4.98 Å². The Morgan fingerprint density at radius 3 is 2.85 bits per heavy atom. The van der Waals surface area contributed by atoms with Gasteiger partial charge in [-0.15, -0.1) is 0 Å². The second-order valence-corrected chi connectivity index (χ2v) is 3.40. The minimum Gasteiger partial charge on any atom is -0.425 e. The van der Waals surface area contributed by atoms with Crippen LogP contribution >= 0.6 is 11.6 Å². The zero-order valence-corrected chi connectivity index (χ0v) is 7.62. The number of rotatable bonds is 2. The van der Waals surface area contributed by atoms with Crippen molar-refractivity contribution in [2.45, 2.75) is 12.8 Å². The Hall–Kier alpha value is -1.09. The smallest absolute Gasteiger partial charge is 0.314 e. The van der Waals surface area contributed by atoms with Gasteiger partial charge in [-0.1, -0.05) is 11.6 Å². The van der Waals surface area contributed by atoms with E-state index in [2.05, 4.69) is 4.98 Å². The van der Waals surface area contributed by atoms with Gasteiger partial charge in [0.15, 0.2) is 0 Å². The maximum Gasteiger partial charge on any atom is 0.314 e. The lowest BCUT2D eigenvalue weighted by atomic mass is 10.4. The zero-order chi connectivity index (χ0) is 9.26. The summed E-state index contributed by atoms with van der Waals surface area (Å²) in [5.41, 5.74) is 0. The molecule has 1 aliphatic carbocycles. The first-order valence-corrected chi connectivity index (χ1v) is 4.47. The van der Waals surface area contributed by atoms with Gasteiger partial charge < -0.3 is 4.74 Å². The van der Waals surface area contributed by atoms with Crippen molar-refractivity contribution in [2.75, 3.05) is 0 Å². The molecule has 1 fully saturated rings. The molecule has 0 amide bonds. The first kappa shape index (κ1) is 8.51. The van der Waals surface area contributed by atoms with Crippen LogP contribution in [0.25, 0.3) is 0 Å². The first-order valence-electron chi connectivity index (χ1n) is 4.09. The maximum atomic E-state index is 11.2. The summed E-state index contributed by atoms with van der Waals surface area (Å²) < 4.78 is 5.03. The lowest BCUT2D eigenvalue weighted by Gasteiger charge is -2.01. The fourth-order valence-corrected chi connectivity index (χ4v) is 1.05. The van der Waals surface area contributed by atoms with E-state index < -0.39 is 0 Å². The summed E-state index contributed by atoms with van der Waals surface area (Å²) >= 11 is 5.57. The average Bonchev–Trinajstić information content (AvgIpc) is 2.91. The number of aromatic nitrogens is 1. The quantitative estimate of drug-likeness (QED) is 0.538. The van der Waals surface area contributed by atoms with Gasteiger partial charge in [-0.2, -0.15) is 0 Å². The first-order chi connectivity index (χ1) is 6.25. The highest BCUT2D eigenvalue weighted by molar-refractivity contribution is 6.29. The van der Waals surface area contributed by atoms with Crippen LogP contribution in [0.1, 0.15) is 12.8 Å². The van der Waals surface area contributed by atoms with Crippen LogP contribution < -0.4 is 4.74 Å². The molecular formula is C9H8ClNO2. The van der Waals surface area contributed by atoms with Crippen LogP contribution in [-0.2, 0) is 4.79 Å². The number of pyridine rings is 1. The second kappa shape index (κ2) is 3.34. The molecular weight excluding hydrogens is 190 g/mol. The Morgan fingerprint density at radius 2 is 2.31 bits per heavy atom. The van der Waals surface area contributed by atoms with Crippen LogP contribution in [-0.4, -0.2) is 11.0 Å². The third kappa shape index (κ3) is 2.18.